The summed E-state index contributed by atoms with van der Waals surface area (Å²) in [6.45, 7) is 5.67. The summed E-state index contributed by atoms with van der Waals surface area (Å²) in [5.74, 6) is 1.26. The Morgan fingerprint density at radius 3 is 2.80 bits per heavy atom. The van der Waals surface area contributed by atoms with E-state index >= 15 is 0 Å². The molecule has 1 amide bonds. The van der Waals surface area contributed by atoms with Gasteiger partial charge in [0.05, 0.1) is 12.8 Å². The Bertz CT molecular complexity index is 617. The molecular weight excluding hydrogens is 256 g/mol. The predicted octanol–water partition coefficient (Wildman–Crippen LogP) is 3.37. The Morgan fingerprint density at radius 1 is 1.40 bits per heavy atom. The fourth-order valence-electron chi connectivity index (χ4n) is 1.89. The number of oxazole rings is 1. The molecule has 20 heavy (non-hydrogen) atoms. The molecule has 0 spiro atoms. The van der Waals surface area contributed by atoms with Crippen LogP contribution in [-0.4, -0.2) is 18.0 Å². The number of benzene rings is 1. The molecule has 0 saturated heterocycles. The van der Waals surface area contributed by atoms with Crippen molar-refractivity contribution in [3.63, 3.8) is 0 Å². The van der Waals surface area contributed by atoms with Crippen LogP contribution in [0.15, 0.2) is 28.7 Å². The van der Waals surface area contributed by atoms with Crippen LogP contribution >= 0.6 is 0 Å². The minimum atomic E-state index is -0.303. The highest BCUT2D eigenvalue weighted by molar-refractivity contribution is 6.03. The van der Waals surface area contributed by atoms with Crippen LogP contribution in [0.2, 0.25) is 0 Å². The van der Waals surface area contributed by atoms with Crippen LogP contribution in [0, 0.1) is 6.92 Å². The summed E-state index contributed by atoms with van der Waals surface area (Å²) < 4.78 is 10.5. The van der Waals surface area contributed by atoms with Gasteiger partial charge >= 0.3 is 0 Å². The highest BCUT2D eigenvalue weighted by atomic mass is 16.5. The molecule has 2 rings (SSSR count). The largest absolute Gasteiger partial charge is 0.497 e. The zero-order valence-corrected chi connectivity index (χ0v) is 12.1. The smallest absolute Gasteiger partial charge is 0.293 e. The molecule has 0 bridgehead atoms. The summed E-state index contributed by atoms with van der Waals surface area (Å²) in [6.07, 6.45) is 0. The van der Waals surface area contributed by atoms with Crippen LogP contribution in [0.25, 0.3) is 0 Å². The molecule has 0 unspecified atom stereocenters. The number of hydrogen-bond donors (Lipinski definition) is 1. The third-order valence-electron chi connectivity index (χ3n) is 2.84. The first-order valence-corrected chi connectivity index (χ1v) is 6.44. The predicted molar refractivity (Wildman–Crippen MR) is 76.3 cm³/mol. The van der Waals surface area contributed by atoms with Gasteiger partial charge in [-0.05, 0) is 18.1 Å². The van der Waals surface area contributed by atoms with Crippen LogP contribution in [0.4, 0.5) is 5.69 Å². The highest BCUT2D eigenvalue weighted by Crippen LogP contribution is 2.22. The Labute approximate surface area is 118 Å². The lowest BCUT2D eigenvalue weighted by molar-refractivity contribution is 0.0993. The highest BCUT2D eigenvalue weighted by Gasteiger charge is 2.21. The Kier molecular flexibility index (Phi) is 4.08. The van der Waals surface area contributed by atoms with Crippen molar-refractivity contribution in [3.05, 3.63) is 41.6 Å². The maximum atomic E-state index is 12.3. The summed E-state index contributed by atoms with van der Waals surface area (Å²) in [4.78, 5) is 16.5. The van der Waals surface area contributed by atoms with E-state index in [0.717, 1.165) is 0 Å². The first-order chi connectivity index (χ1) is 9.51. The van der Waals surface area contributed by atoms with Crippen molar-refractivity contribution >= 4 is 11.6 Å². The van der Waals surface area contributed by atoms with E-state index < -0.39 is 0 Å². The average molecular weight is 274 g/mol. The van der Waals surface area contributed by atoms with Crippen molar-refractivity contribution < 1.29 is 13.9 Å². The Hall–Kier alpha value is -2.30. The molecule has 2 aromatic rings. The molecule has 1 aromatic carbocycles. The second-order valence-corrected chi connectivity index (χ2v) is 4.79. The number of aromatic nitrogens is 1. The molecule has 0 fully saturated rings. The normalized spacial score (nSPS) is 10.7. The van der Waals surface area contributed by atoms with Gasteiger partial charge in [-0.3, -0.25) is 4.79 Å². The molecule has 5 nitrogen and oxygen atoms in total. The van der Waals surface area contributed by atoms with Gasteiger partial charge in [0.2, 0.25) is 5.76 Å². The molecule has 0 atom stereocenters. The summed E-state index contributed by atoms with van der Waals surface area (Å²) >= 11 is 0. The Morgan fingerprint density at radius 2 is 2.15 bits per heavy atom. The van der Waals surface area contributed by atoms with Gasteiger partial charge in [-0.15, -0.1) is 0 Å². The molecular formula is C15H18N2O3. The fraction of sp³-hybridized carbons (Fsp3) is 0.333. The van der Waals surface area contributed by atoms with Gasteiger partial charge in [0.15, 0.2) is 5.89 Å². The monoisotopic (exact) mass is 274 g/mol. The van der Waals surface area contributed by atoms with Gasteiger partial charge in [0.1, 0.15) is 5.75 Å². The summed E-state index contributed by atoms with van der Waals surface area (Å²) in [5, 5.41) is 2.79. The van der Waals surface area contributed by atoms with E-state index in [9.17, 15) is 4.79 Å². The SMILES string of the molecule is COc1cccc(NC(=O)c2oc(C)nc2C(C)C)c1. The lowest BCUT2D eigenvalue weighted by Crippen LogP contribution is -2.13. The van der Waals surface area contributed by atoms with E-state index in [1.54, 1.807) is 26.2 Å². The second-order valence-electron chi connectivity index (χ2n) is 4.79. The third-order valence-corrected chi connectivity index (χ3v) is 2.84. The molecule has 1 heterocycles. The first-order valence-electron chi connectivity index (χ1n) is 6.44. The van der Waals surface area contributed by atoms with E-state index in [0.29, 0.717) is 23.0 Å². The fourth-order valence-corrected chi connectivity index (χ4v) is 1.89. The molecule has 0 aliphatic rings. The number of carbonyl (C=O) groups excluding carboxylic acids is 1. The standard InChI is InChI=1S/C15H18N2O3/c1-9(2)13-14(20-10(3)16-13)15(18)17-11-6-5-7-12(8-11)19-4/h5-9H,1-4H3,(H,17,18). The summed E-state index contributed by atoms with van der Waals surface area (Å²) in [6, 6.07) is 7.16. The van der Waals surface area contributed by atoms with Crippen molar-refractivity contribution in [1.82, 2.24) is 4.98 Å². The molecule has 1 aromatic heterocycles. The van der Waals surface area contributed by atoms with Gasteiger partial charge in [0, 0.05) is 18.7 Å². The van der Waals surface area contributed by atoms with Crippen molar-refractivity contribution in [3.8, 4) is 5.75 Å². The minimum absolute atomic E-state index is 0.124. The maximum Gasteiger partial charge on any atom is 0.293 e. The van der Waals surface area contributed by atoms with Crippen LogP contribution in [0.5, 0.6) is 5.75 Å². The van der Waals surface area contributed by atoms with E-state index in [4.69, 9.17) is 9.15 Å². The number of anilines is 1. The number of carbonyl (C=O) groups is 1. The quantitative estimate of drug-likeness (QED) is 0.928. The molecule has 5 heteroatoms. The lowest BCUT2D eigenvalue weighted by atomic mass is 10.1. The zero-order chi connectivity index (χ0) is 14.7. The van der Waals surface area contributed by atoms with Gasteiger partial charge in [0.25, 0.3) is 5.91 Å². The van der Waals surface area contributed by atoms with Crippen LogP contribution in [0.3, 0.4) is 0 Å². The number of nitrogens with zero attached hydrogens (tertiary/aromatic N) is 1. The molecule has 0 saturated carbocycles. The summed E-state index contributed by atoms with van der Waals surface area (Å²) in [7, 11) is 1.58. The van der Waals surface area contributed by atoms with Gasteiger partial charge in [-0.2, -0.15) is 0 Å². The lowest BCUT2D eigenvalue weighted by Gasteiger charge is -2.07. The third kappa shape index (κ3) is 2.99. The minimum Gasteiger partial charge on any atom is -0.497 e. The average Bonchev–Trinajstić information content (AvgIpc) is 2.81. The molecule has 0 aliphatic carbocycles. The van der Waals surface area contributed by atoms with Crippen molar-refractivity contribution in [2.75, 3.05) is 12.4 Å². The number of nitrogens with one attached hydrogen (secondary N) is 1. The molecule has 106 valence electrons. The first kappa shape index (κ1) is 14.1. The number of ether oxygens (including phenoxy) is 1. The molecule has 0 radical (unpaired) electrons. The van der Waals surface area contributed by atoms with Gasteiger partial charge < -0.3 is 14.5 Å². The van der Waals surface area contributed by atoms with Crippen molar-refractivity contribution in [1.29, 1.82) is 0 Å². The molecule has 0 aliphatic heterocycles. The van der Waals surface area contributed by atoms with Crippen molar-refractivity contribution in [2.24, 2.45) is 0 Å². The Balaban J connectivity index is 2.23. The maximum absolute atomic E-state index is 12.3. The van der Waals surface area contributed by atoms with Crippen molar-refractivity contribution in [2.45, 2.75) is 26.7 Å². The van der Waals surface area contributed by atoms with Crippen LogP contribution < -0.4 is 10.1 Å². The van der Waals surface area contributed by atoms with E-state index in [2.05, 4.69) is 10.3 Å². The second kappa shape index (κ2) is 5.77. The van der Waals surface area contributed by atoms with Gasteiger partial charge in [-0.1, -0.05) is 19.9 Å². The number of methoxy groups -OCH3 is 1. The van der Waals surface area contributed by atoms with E-state index in [1.165, 1.54) is 0 Å². The number of amides is 1. The zero-order valence-electron chi connectivity index (χ0n) is 12.1. The van der Waals surface area contributed by atoms with Crippen LogP contribution in [-0.2, 0) is 0 Å². The number of aryl methyl sites for hydroxylation is 1. The number of rotatable bonds is 4. The molecule has 1 N–H and O–H groups in total. The van der Waals surface area contributed by atoms with Crippen LogP contribution in [0.1, 0.15) is 41.9 Å². The topological polar surface area (TPSA) is 64.4 Å². The summed E-state index contributed by atoms with van der Waals surface area (Å²) in [5.41, 5.74) is 1.32. The number of hydrogen-bond acceptors (Lipinski definition) is 4. The van der Waals surface area contributed by atoms with Gasteiger partial charge in [-0.25, -0.2) is 4.98 Å². The van der Waals surface area contributed by atoms with E-state index in [-0.39, 0.29) is 17.6 Å². The van der Waals surface area contributed by atoms with E-state index in [1.807, 2.05) is 26.0 Å².